The van der Waals surface area contributed by atoms with Crippen LogP contribution < -0.4 is 0 Å². The van der Waals surface area contributed by atoms with E-state index in [1.165, 1.54) is 31.3 Å². The van der Waals surface area contributed by atoms with Crippen LogP contribution in [0.15, 0.2) is 170 Å². The molecule has 0 spiro atoms. The number of fused-ring (bicyclic) bond motifs is 6. The summed E-state index contributed by atoms with van der Waals surface area (Å²) in [6.07, 6.45) is 0. The second kappa shape index (κ2) is 11.6. The highest BCUT2D eigenvalue weighted by molar-refractivity contribution is 7.25. The molecule has 0 unspecified atom stereocenters. The molecule has 0 aliphatic heterocycles. The van der Waals surface area contributed by atoms with Gasteiger partial charge in [-0.25, -0.2) is 15.0 Å². The summed E-state index contributed by atoms with van der Waals surface area (Å²) >= 11 is 1.85. The Kier molecular flexibility index (Phi) is 6.64. The first-order valence-corrected chi connectivity index (χ1v) is 17.5. The molecule has 4 nitrogen and oxygen atoms in total. The maximum atomic E-state index is 5.12. The van der Waals surface area contributed by atoms with Crippen molar-refractivity contribution >= 4 is 53.3 Å². The van der Waals surface area contributed by atoms with Crippen molar-refractivity contribution in [2.24, 2.45) is 0 Å². The Balaban J connectivity index is 1.21. The molecule has 0 saturated carbocycles. The van der Waals surface area contributed by atoms with E-state index in [1.54, 1.807) is 0 Å². The van der Waals surface area contributed by atoms with Gasteiger partial charge in [0.15, 0.2) is 17.5 Å². The van der Waals surface area contributed by atoms with Gasteiger partial charge in [0, 0.05) is 53.2 Å². The molecule has 3 heterocycles. The normalized spacial score (nSPS) is 11.6. The van der Waals surface area contributed by atoms with Gasteiger partial charge in [0.05, 0.1) is 16.7 Å². The Morgan fingerprint density at radius 2 is 0.960 bits per heavy atom. The highest BCUT2D eigenvalue weighted by Crippen LogP contribution is 2.42. The average Bonchev–Trinajstić information content (AvgIpc) is 3.74. The van der Waals surface area contributed by atoms with E-state index in [0.717, 1.165) is 44.2 Å². The summed E-state index contributed by atoms with van der Waals surface area (Å²) in [5, 5.41) is 4.87. The summed E-state index contributed by atoms with van der Waals surface area (Å²) in [5.74, 6) is 1.95. The predicted molar refractivity (Wildman–Crippen MR) is 209 cm³/mol. The maximum Gasteiger partial charge on any atom is 0.164 e. The van der Waals surface area contributed by atoms with Gasteiger partial charge in [-0.2, -0.15) is 0 Å². The monoisotopic (exact) mass is 656 g/mol. The minimum absolute atomic E-state index is 0.648. The Labute approximate surface area is 292 Å². The number of para-hydroxylation sites is 2. The van der Waals surface area contributed by atoms with E-state index in [0.29, 0.717) is 17.5 Å². The third kappa shape index (κ3) is 4.63. The van der Waals surface area contributed by atoms with Gasteiger partial charge in [0.25, 0.3) is 0 Å². The third-order valence-electron chi connectivity index (χ3n) is 9.47. The van der Waals surface area contributed by atoms with Crippen LogP contribution in [0, 0.1) is 0 Å². The topological polar surface area (TPSA) is 43.6 Å². The minimum atomic E-state index is 0.648. The summed E-state index contributed by atoms with van der Waals surface area (Å²) in [4.78, 5) is 15.2. The number of hydrogen-bond donors (Lipinski definition) is 0. The van der Waals surface area contributed by atoms with Crippen molar-refractivity contribution in [3.63, 3.8) is 0 Å². The van der Waals surface area contributed by atoms with Gasteiger partial charge >= 0.3 is 0 Å². The predicted octanol–water partition coefficient (Wildman–Crippen LogP) is 12.0. The van der Waals surface area contributed by atoms with Gasteiger partial charge in [0.1, 0.15) is 0 Å². The first kappa shape index (κ1) is 28.6. The van der Waals surface area contributed by atoms with Gasteiger partial charge in [0.2, 0.25) is 0 Å². The van der Waals surface area contributed by atoms with Crippen LogP contribution in [-0.4, -0.2) is 19.5 Å². The summed E-state index contributed by atoms with van der Waals surface area (Å²) < 4.78 is 5.00. The lowest BCUT2D eigenvalue weighted by Crippen LogP contribution is -2.00. The second-order valence-corrected chi connectivity index (χ2v) is 13.5. The first-order valence-electron chi connectivity index (χ1n) is 16.7. The largest absolute Gasteiger partial charge is 0.309 e. The number of benzene rings is 7. The van der Waals surface area contributed by atoms with E-state index in [9.17, 15) is 0 Å². The fourth-order valence-electron chi connectivity index (χ4n) is 7.20. The van der Waals surface area contributed by atoms with Crippen LogP contribution in [0.25, 0.3) is 93.0 Å². The molecule has 0 bridgehead atoms. The van der Waals surface area contributed by atoms with Crippen molar-refractivity contribution in [3.8, 4) is 51.0 Å². The van der Waals surface area contributed by atoms with Crippen molar-refractivity contribution in [2.75, 3.05) is 0 Å². The molecular weight excluding hydrogens is 629 g/mol. The van der Waals surface area contributed by atoms with Crippen LogP contribution in [0.3, 0.4) is 0 Å². The molecule has 10 aromatic rings. The lowest BCUT2D eigenvalue weighted by atomic mass is 10.0. The number of hydrogen-bond acceptors (Lipinski definition) is 4. The Hall–Kier alpha value is -6.43. The maximum absolute atomic E-state index is 5.12. The molecule has 0 atom stereocenters. The van der Waals surface area contributed by atoms with Crippen LogP contribution in [0.5, 0.6) is 0 Å². The summed E-state index contributed by atoms with van der Waals surface area (Å²) in [6.45, 7) is 0. The lowest BCUT2D eigenvalue weighted by molar-refractivity contribution is 1.08. The highest BCUT2D eigenvalue weighted by atomic mass is 32.1. The van der Waals surface area contributed by atoms with Crippen LogP contribution in [-0.2, 0) is 0 Å². The molecule has 0 amide bonds. The second-order valence-electron chi connectivity index (χ2n) is 12.4. The SMILES string of the molecule is c1ccc(-c2nc(-c3ccccc3)nc(-c3cccc4c3c3ccccc3n4-c3ccccc3-c3ccc4c(c3)sc3ccccc34)n2)cc1. The van der Waals surface area contributed by atoms with Gasteiger partial charge in [-0.3, -0.25) is 0 Å². The van der Waals surface area contributed by atoms with E-state index in [1.807, 2.05) is 72.0 Å². The first-order chi connectivity index (χ1) is 24.8. The van der Waals surface area contributed by atoms with Crippen LogP contribution >= 0.6 is 11.3 Å². The van der Waals surface area contributed by atoms with E-state index in [2.05, 4.69) is 114 Å². The molecule has 234 valence electrons. The summed E-state index contributed by atoms with van der Waals surface area (Å²) in [6, 6.07) is 59.7. The van der Waals surface area contributed by atoms with Crippen LogP contribution in [0.4, 0.5) is 0 Å². The van der Waals surface area contributed by atoms with Gasteiger partial charge in [-0.1, -0.05) is 140 Å². The Morgan fingerprint density at radius 1 is 0.380 bits per heavy atom. The molecule has 5 heteroatoms. The van der Waals surface area contributed by atoms with E-state index in [4.69, 9.17) is 15.0 Å². The van der Waals surface area contributed by atoms with Crippen molar-refractivity contribution < 1.29 is 0 Å². The highest BCUT2D eigenvalue weighted by Gasteiger charge is 2.21. The molecular formula is C45H28N4S. The van der Waals surface area contributed by atoms with Gasteiger partial charge < -0.3 is 4.57 Å². The zero-order chi connectivity index (χ0) is 33.0. The lowest BCUT2D eigenvalue weighted by Gasteiger charge is -2.14. The zero-order valence-electron chi connectivity index (χ0n) is 26.9. The fraction of sp³-hybridized carbons (Fsp3) is 0. The molecule has 3 aromatic heterocycles. The van der Waals surface area contributed by atoms with E-state index in [-0.39, 0.29) is 0 Å². The number of thiophene rings is 1. The number of rotatable bonds is 5. The van der Waals surface area contributed by atoms with Crippen molar-refractivity contribution in [1.29, 1.82) is 0 Å². The summed E-state index contributed by atoms with van der Waals surface area (Å²) in [7, 11) is 0. The molecule has 0 saturated heterocycles. The molecule has 0 fully saturated rings. The van der Waals surface area contributed by atoms with Gasteiger partial charge in [-0.05, 0) is 35.9 Å². The molecule has 0 N–H and O–H groups in total. The Morgan fingerprint density at radius 3 is 1.74 bits per heavy atom. The molecule has 50 heavy (non-hydrogen) atoms. The number of nitrogens with zero attached hydrogens (tertiary/aromatic N) is 4. The minimum Gasteiger partial charge on any atom is -0.309 e. The molecule has 0 aliphatic rings. The third-order valence-corrected chi connectivity index (χ3v) is 10.6. The fourth-order valence-corrected chi connectivity index (χ4v) is 8.35. The van der Waals surface area contributed by atoms with E-state index >= 15 is 0 Å². The average molecular weight is 657 g/mol. The van der Waals surface area contributed by atoms with Crippen molar-refractivity contribution in [3.05, 3.63) is 170 Å². The Bertz CT molecular complexity index is 2810. The molecule has 0 aliphatic carbocycles. The number of aromatic nitrogens is 4. The molecule has 0 radical (unpaired) electrons. The molecule has 10 rings (SSSR count). The smallest absolute Gasteiger partial charge is 0.164 e. The zero-order valence-corrected chi connectivity index (χ0v) is 27.7. The van der Waals surface area contributed by atoms with Gasteiger partial charge in [-0.15, -0.1) is 11.3 Å². The quantitative estimate of drug-likeness (QED) is 0.185. The van der Waals surface area contributed by atoms with Crippen LogP contribution in [0.2, 0.25) is 0 Å². The van der Waals surface area contributed by atoms with Crippen molar-refractivity contribution in [2.45, 2.75) is 0 Å². The van der Waals surface area contributed by atoms with Crippen LogP contribution in [0.1, 0.15) is 0 Å². The van der Waals surface area contributed by atoms with E-state index < -0.39 is 0 Å². The molecule has 7 aromatic carbocycles. The standard InChI is InChI=1S/C45H28N4S/c1-3-14-29(15-4-1)43-46-44(30-16-5-2-6-17-30)48-45(47-43)36-21-13-24-39-42(36)35-20-8-11-23-38(35)49(39)37-22-10-7-18-32(37)31-26-27-34-33-19-9-12-25-40(33)50-41(34)28-31/h1-28H. The summed E-state index contributed by atoms with van der Waals surface area (Å²) in [5.41, 5.74) is 8.60. The van der Waals surface area contributed by atoms with Crippen molar-refractivity contribution in [1.82, 2.24) is 19.5 Å².